The van der Waals surface area contributed by atoms with Crippen LogP contribution < -0.4 is 0 Å². The van der Waals surface area contributed by atoms with E-state index in [9.17, 15) is 45.3 Å². The third-order valence-electron chi connectivity index (χ3n) is 10.7. The van der Waals surface area contributed by atoms with Crippen molar-refractivity contribution in [3.05, 3.63) is 72.9 Å². The first-order valence-electron chi connectivity index (χ1n) is 23.5. The average molecular weight is 909 g/mol. The number of esters is 2. The largest absolute Gasteiger partial charge is 0.461 e. The van der Waals surface area contributed by atoms with Crippen LogP contribution in [0.15, 0.2) is 72.9 Å². The molecule has 0 aromatic rings. The second-order valence-corrected chi connectivity index (χ2v) is 16.3. The summed E-state index contributed by atoms with van der Waals surface area (Å²) < 4.78 is 33.2. The molecule has 0 saturated carbocycles. The van der Waals surface area contributed by atoms with Crippen molar-refractivity contribution in [2.75, 3.05) is 26.4 Å². The van der Waals surface area contributed by atoms with Gasteiger partial charge in [0.1, 0.15) is 55.4 Å². The molecule has 2 saturated heterocycles. The zero-order valence-electron chi connectivity index (χ0n) is 38.2. The van der Waals surface area contributed by atoms with Gasteiger partial charge in [0, 0.05) is 0 Å². The summed E-state index contributed by atoms with van der Waals surface area (Å²) in [6.07, 6.45) is 24.3. The molecule has 2 aliphatic rings. The van der Waals surface area contributed by atoms with Gasteiger partial charge < -0.3 is 64.2 Å². The van der Waals surface area contributed by atoms with E-state index in [1.54, 1.807) is 12.2 Å². The summed E-state index contributed by atoms with van der Waals surface area (Å²) in [4.78, 5) is 25.5. The SMILES string of the molecule is CCCCCCCC=CCC=CCC=CCC(=O)OC[C@H](CO[C@@H]1O[C@H](CO[C@H]2O[C@H](CO)[C@H](O)C(O)C2O)[C@H](O)C(O)C1O)OC(=O)CC=CCC=CCC=CCCCCCCC. The maximum Gasteiger partial charge on any atom is 0.310 e. The van der Waals surface area contributed by atoms with Crippen LogP contribution >= 0.6 is 0 Å². The number of rotatable bonds is 34. The Kier molecular flexibility index (Phi) is 32.2. The lowest BCUT2D eigenvalue weighted by atomic mass is 9.98. The lowest BCUT2D eigenvalue weighted by Crippen LogP contribution is -2.61. The van der Waals surface area contributed by atoms with E-state index in [1.165, 1.54) is 64.2 Å². The lowest BCUT2D eigenvalue weighted by Gasteiger charge is -2.42. The monoisotopic (exact) mass is 909 g/mol. The molecule has 2 heterocycles. The van der Waals surface area contributed by atoms with E-state index in [2.05, 4.69) is 50.3 Å². The molecule has 0 spiro atoms. The highest BCUT2D eigenvalue weighted by Crippen LogP contribution is 2.26. The molecular weight excluding hydrogens is 829 g/mol. The number of unbranched alkanes of at least 4 members (excludes halogenated alkanes) is 10. The van der Waals surface area contributed by atoms with Crippen LogP contribution in [-0.2, 0) is 38.0 Å². The number of aliphatic hydroxyl groups is 7. The molecule has 0 bridgehead atoms. The van der Waals surface area contributed by atoms with Crippen molar-refractivity contribution in [3.63, 3.8) is 0 Å². The maximum atomic E-state index is 12.9. The predicted octanol–water partition coefficient (Wildman–Crippen LogP) is 5.48. The normalized spacial score (nSPS) is 27.3. The minimum absolute atomic E-state index is 0.0248. The summed E-state index contributed by atoms with van der Waals surface area (Å²) in [7, 11) is 0. The van der Waals surface area contributed by atoms with Gasteiger partial charge in [-0.25, -0.2) is 0 Å². The van der Waals surface area contributed by atoms with Crippen LogP contribution in [0.5, 0.6) is 0 Å². The Labute approximate surface area is 381 Å². The molecule has 2 fully saturated rings. The van der Waals surface area contributed by atoms with E-state index in [0.29, 0.717) is 12.8 Å². The highest BCUT2D eigenvalue weighted by Gasteiger charge is 2.47. The van der Waals surface area contributed by atoms with Gasteiger partial charge in [0.25, 0.3) is 0 Å². The minimum atomic E-state index is -1.79. The van der Waals surface area contributed by atoms with Crippen molar-refractivity contribution >= 4 is 11.9 Å². The molecule has 0 radical (unpaired) electrons. The Balaban J connectivity index is 1.92. The molecule has 0 aromatic heterocycles. The number of aliphatic hydroxyl groups excluding tert-OH is 7. The number of carbonyl (C=O) groups is 2. The van der Waals surface area contributed by atoms with Crippen molar-refractivity contribution in [3.8, 4) is 0 Å². The second kappa shape index (κ2) is 36.1. The van der Waals surface area contributed by atoms with Gasteiger partial charge in [0.15, 0.2) is 18.7 Å². The Morgan fingerprint density at radius 1 is 0.500 bits per heavy atom. The van der Waals surface area contributed by atoms with E-state index in [1.807, 2.05) is 24.3 Å². The molecule has 2 aliphatic heterocycles. The van der Waals surface area contributed by atoms with Gasteiger partial charge in [-0.15, -0.1) is 0 Å². The summed E-state index contributed by atoms with van der Waals surface area (Å²) in [6, 6.07) is 0. The minimum Gasteiger partial charge on any atom is -0.461 e. The van der Waals surface area contributed by atoms with Gasteiger partial charge in [-0.3, -0.25) is 9.59 Å². The van der Waals surface area contributed by atoms with Gasteiger partial charge >= 0.3 is 11.9 Å². The summed E-state index contributed by atoms with van der Waals surface area (Å²) in [5.74, 6) is -1.21. The van der Waals surface area contributed by atoms with Gasteiger partial charge in [-0.2, -0.15) is 0 Å². The number of allylic oxidation sites excluding steroid dienone is 10. The van der Waals surface area contributed by atoms with Crippen molar-refractivity contribution in [2.45, 2.75) is 197 Å². The number of hydrogen-bond donors (Lipinski definition) is 7. The lowest BCUT2D eigenvalue weighted by molar-refractivity contribution is -0.332. The van der Waals surface area contributed by atoms with Crippen LogP contribution in [0.25, 0.3) is 0 Å². The third kappa shape index (κ3) is 24.5. The van der Waals surface area contributed by atoms with Crippen LogP contribution in [0.2, 0.25) is 0 Å². The van der Waals surface area contributed by atoms with Crippen LogP contribution in [0.1, 0.15) is 129 Å². The molecule has 0 aliphatic carbocycles. The Bertz CT molecular complexity index is 1390. The maximum absolute atomic E-state index is 12.9. The van der Waals surface area contributed by atoms with Gasteiger partial charge in [0.2, 0.25) is 0 Å². The molecule has 7 N–H and O–H groups in total. The quantitative estimate of drug-likeness (QED) is 0.0241. The summed E-state index contributed by atoms with van der Waals surface area (Å²) in [6.45, 7) is 2.34. The molecule has 11 atom stereocenters. The molecule has 2 rings (SSSR count). The Morgan fingerprint density at radius 3 is 1.45 bits per heavy atom. The van der Waals surface area contributed by atoms with Crippen LogP contribution in [0.3, 0.4) is 0 Å². The van der Waals surface area contributed by atoms with Crippen molar-refractivity contribution in [2.24, 2.45) is 0 Å². The zero-order valence-corrected chi connectivity index (χ0v) is 38.2. The Morgan fingerprint density at radius 2 is 0.938 bits per heavy atom. The molecule has 0 amide bonds. The summed E-state index contributed by atoms with van der Waals surface area (Å²) in [5, 5.41) is 71.9. The van der Waals surface area contributed by atoms with Crippen molar-refractivity contribution in [1.82, 2.24) is 0 Å². The van der Waals surface area contributed by atoms with Crippen LogP contribution in [-0.4, -0.2) is 142 Å². The number of carbonyl (C=O) groups excluding carboxylic acids is 2. The van der Waals surface area contributed by atoms with Gasteiger partial charge in [0.05, 0.1) is 32.7 Å². The first kappa shape index (κ1) is 57.1. The van der Waals surface area contributed by atoms with Gasteiger partial charge in [-0.05, 0) is 51.4 Å². The second-order valence-electron chi connectivity index (χ2n) is 16.3. The first-order chi connectivity index (χ1) is 31.0. The standard InChI is InChI=1S/C49H80O15/c1-3-5-7-9-11-13-15-17-19-21-23-25-27-29-31-40(51)59-34-37(62-41(52)32-30-28-26-24-22-20-18-16-14-12-10-8-6-4-2)35-60-48-47(58)45(56)43(54)39(64-48)36-61-49-46(57)44(55)42(53)38(33-50)63-49/h15-18,21-24,27-30,37-39,42-50,53-58H,3-14,19-20,25-26,31-36H2,1-2H3/t37-,38-,39-,42+,43+,44?,45?,46?,47?,48-,49+/m1/s1. The average Bonchev–Trinajstić information content (AvgIpc) is 3.29. The van der Waals surface area contributed by atoms with Crippen molar-refractivity contribution < 1.29 is 73.8 Å². The molecule has 15 nitrogen and oxygen atoms in total. The molecule has 15 heteroatoms. The van der Waals surface area contributed by atoms with E-state index >= 15 is 0 Å². The fraction of sp³-hybridized carbons (Fsp3) is 0.714. The number of hydrogen-bond acceptors (Lipinski definition) is 15. The smallest absolute Gasteiger partial charge is 0.310 e. The molecule has 366 valence electrons. The van der Waals surface area contributed by atoms with Crippen molar-refractivity contribution in [1.29, 1.82) is 0 Å². The summed E-state index contributed by atoms with van der Waals surface area (Å²) in [5.41, 5.74) is 0. The van der Waals surface area contributed by atoms with Crippen LogP contribution in [0.4, 0.5) is 0 Å². The fourth-order valence-electron chi connectivity index (χ4n) is 6.79. The van der Waals surface area contributed by atoms with E-state index < -0.39 is 99.3 Å². The first-order valence-corrected chi connectivity index (χ1v) is 23.5. The van der Waals surface area contributed by atoms with E-state index in [-0.39, 0.29) is 19.4 Å². The highest BCUT2D eigenvalue weighted by molar-refractivity contribution is 5.72. The topological polar surface area (TPSA) is 231 Å². The zero-order chi connectivity index (χ0) is 46.8. The predicted molar refractivity (Wildman–Crippen MR) is 242 cm³/mol. The highest BCUT2D eigenvalue weighted by atomic mass is 16.7. The van der Waals surface area contributed by atoms with E-state index in [4.69, 9.17) is 28.4 Å². The Hall–Kier alpha value is -3.06. The molecular formula is C49H80O15. The summed E-state index contributed by atoms with van der Waals surface area (Å²) >= 11 is 0. The van der Waals surface area contributed by atoms with Crippen LogP contribution in [0, 0.1) is 0 Å². The molecule has 64 heavy (non-hydrogen) atoms. The fourth-order valence-corrected chi connectivity index (χ4v) is 6.79. The molecule has 0 aromatic carbocycles. The molecule has 4 unspecified atom stereocenters. The number of ether oxygens (including phenoxy) is 6. The van der Waals surface area contributed by atoms with Gasteiger partial charge in [-0.1, -0.05) is 138 Å². The van der Waals surface area contributed by atoms with E-state index in [0.717, 1.165) is 25.7 Å². The third-order valence-corrected chi connectivity index (χ3v) is 10.7.